The Hall–Kier alpha value is -0.940. The molecule has 0 bridgehead atoms. The Morgan fingerprint density at radius 3 is 2.78 bits per heavy atom. The second-order valence-corrected chi connectivity index (χ2v) is 4.84. The predicted octanol–water partition coefficient (Wildman–Crippen LogP) is 0.899. The summed E-state index contributed by atoms with van der Waals surface area (Å²) in [5.74, 6) is 0. The third kappa shape index (κ3) is 3.78. The first-order valence-corrected chi connectivity index (χ1v) is 6.36. The Morgan fingerprint density at radius 1 is 1.33 bits per heavy atom. The van der Waals surface area contributed by atoms with E-state index in [0.717, 1.165) is 5.56 Å². The van der Waals surface area contributed by atoms with Gasteiger partial charge in [-0.05, 0) is 12.5 Å². The second-order valence-electron chi connectivity index (χ2n) is 4.84. The van der Waals surface area contributed by atoms with E-state index in [0.29, 0.717) is 32.9 Å². The van der Waals surface area contributed by atoms with Crippen molar-refractivity contribution in [3.8, 4) is 0 Å². The molecule has 1 heterocycles. The van der Waals surface area contributed by atoms with Crippen molar-refractivity contribution in [3.05, 3.63) is 35.9 Å². The third-order valence-electron chi connectivity index (χ3n) is 3.12. The van der Waals surface area contributed by atoms with Crippen LogP contribution >= 0.6 is 0 Å². The molecule has 2 rings (SSSR count). The average Bonchev–Trinajstić information content (AvgIpc) is 2.41. The zero-order chi connectivity index (χ0) is 12.8. The smallest absolute Gasteiger partial charge is 0.0992 e. The molecule has 1 fully saturated rings. The highest BCUT2D eigenvalue weighted by Gasteiger charge is 2.23. The molecule has 4 heteroatoms. The Labute approximate surface area is 108 Å². The van der Waals surface area contributed by atoms with E-state index in [2.05, 4.69) is 5.32 Å². The summed E-state index contributed by atoms with van der Waals surface area (Å²) in [7, 11) is 0. The molecule has 1 aliphatic heterocycles. The Balaban J connectivity index is 1.78. The fraction of sp³-hybridized carbons (Fsp3) is 0.571. The molecule has 18 heavy (non-hydrogen) atoms. The van der Waals surface area contributed by atoms with Crippen LogP contribution in [0.25, 0.3) is 0 Å². The van der Waals surface area contributed by atoms with Gasteiger partial charge in [0, 0.05) is 13.1 Å². The van der Waals surface area contributed by atoms with Crippen LogP contribution in [0.4, 0.5) is 0 Å². The first-order valence-electron chi connectivity index (χ1n) is 6.36. The highest BCUT2D eigenvalue weighted by atomic mass is 16.6. The molecular formula is C14H21NO3. The number of rotatable bonds is 5. The van der Waals surface area contributed by atoms with Gasteiger partial charge in [-0.1, -0.05) is 30.3 Å². The topological polar surface area (TPSA) is 50.7 Å². The summed E-state index contributed by atoms with van der Waals surface area (Å²) in [6.07, 6.45) is 0.0883. The van der Waals surface area contributed by atoms with Crippen molar-refractivity contribution in [1.29, 1.82) is 0 Å². The van der Waals surface area contributed by atoms with Crippen LogP contribution < -0.4 is 5.32 Å². The van der Waals surface area contributed by atoms with Gasteiger partial charge < -0.3 is 19.9 Å². The summed E-state index contributed by atoms with van der Waals surface area (Å²) in [5.41, 5.74) is 0.0508. The van der Waals surface area contributed by atoms with Crippen LogP contribution in [0.3, 0.4) is 0 Å². The number of ether oxygens (including phenoxy) is 2. The molecule has 100 valence electrons. The number of hydrogen-bond acceptors (Lipinski definition) is 4. The van der Waals surface area contributed by atoms with Crippen molar-refractivity contribution in [2.75, 3.05) is 32.9 Å². The minimum absolute atomic E-state index is 0.0883. The Bertz CT molecular complexity index is 347. The van der Waals surface area contributed by atoms with E-state index < -0.39 is 5.60 Å². The van der Waals surface area contributed by atoms with Gasteiger partial charge in [-0.25, -0.2) is 0 Å². The zero-order valence-electron chi connectivity index (χ0n) is 10.8. The van der Waals surface area contributed by atoms with E-state index in [9.17, 15) is 5.11 Å². The first-order chi connectivity index (χ1) is 8.68. The van der Waals surface area contributed by atoms with E-state index in [1.807, 2.05) is 37.3 Å². The van der Waals surface area contributed by atoms with Gasteiger partial charge in [-0.15, -0.1) is 0 Å². The van der Waals surface area contributed by atoms with Crippen molar-refractivity contribution in [3.63, 3.8) is 0 Å². The molecule has 0 aromatic heterocycles. The maximum Gasteiger partial charge on any atom is 0.0992 e. The highest BCUT2D eigenvalue weighted by Crippen LogP contribution is 2.18. The molecule has 1 aliphatic rings. The largest absolute Gasteiger partial charge is 0.384 e. The monoisotopic (exact) mass is 251 g/mol. The van der Waals surface area contributed by atoms with Crippen molar-refractivity contribution < 1.29 is 14.6 Å². The molecule has 0 aliphatic carbocycles. The zero-order valence-corrected chi connectivity index (χ0v) is 10.8. The van der Waals surface area contributed by atoms with E-state index in [-0.39, 0.29) is 6.10 Å². The van der Waals surface area contributed by atoms with Gasteiger partial charge in [0.1, 0.15) is 0 Å². The highest BCUT2D eigenvalue weighted by molar-refractivity contribution is 5.21. The van der Waals surface area contributed by atoms with E-state index in [1.165, 1.54) is 0 Å². The molecule has 1 aromatic rings. The standard InChI is InChI=1S/C14H21NO3/c1-14(16,12-5-3-2-4-6-12)11-15-9-13-10-17-7-8-18-13/h2-6,13,15-16H,7-11H2,1H3. The lowest BCUT2D eigenvalue weighted by Crippen LogP contribution is -2.42. The van der Waals surface area contributed by atoms with Gasteiger partial charge in [0.05, 0.1) is 31.5 Å². The molecule has 0 radical (unpaired) electrons. The molecule has 0 saturated carbocycles. The minimum atomic E-state index is -0.864. The average molecular weight is 251 g/mol. The maximum atomic E-state index is 10.4. The van der Waals surface area contributed by atoms with Crippen LogP contribution in [0.2, 0.25) is 0 Å². The predicted molar refractivity (Wildman–Crippen MR) is 69.4 cm³/mol. The van der Waals surface area contributed by atoms with Crippen LogP contribution in [-0.4, -0.2) is 44.1 Å². The summed E-state index contributed by atoms with van der Waals surface area (Å²) in [6.45, 7) is 4.97. The molecule has 2 N–H and O–H groups in total. The van der Waals surface area contributed by atoms with Gasteiger partial charge in [-0.2, -0.15) is 0 Å². The minimum Gasteiger partial charge on any atom is -0.384 e. The summed E-state index contributed by atoms with van der Waals surface area (Å²) >= 11 is 0. The molecule has 2 atom stereocenters. The van der Waals surface area contributed by atoms with Crippen molar-refractivity contribution in [2.45, 2.75) is 18.6 Å². The van der Waals surface area contributed by atoms with Crippen LogP contribution in [0.1, 0.15) is 12.5 Å². The third-order valence-corrected chi connectivity index (χ3v) is 3.12. The SMILES string of the molecule is CC(O)(CNCC1COCCO1)c1ccccc1. The van der Waals surface area contributed by atoms with Gasteiger partial charge >= 0.3 is 0 Å². The Morgan fingerprint density at radius 2 is 2.11 bits per heavy atom. The maximum absolute atomic E-state index is 10.4. The first kappa shape index (κ1) is 13.5. The lowest BCUT2D eigenvalue weighted by atomic mass is 9.96. The number of hydrogen-bond donors (Lipinski definition) is 2. The van der Waals surface area contributed by atoms with Crippen LogP contribution in [0.15, 0.2) is 30.3 Å². The van der Waals surface area contributed by atoms with E-state index in [1.54, 1.807) is 0 Å². The number of nitrogens with one attached hydrogen (secondary N) is 1. The fourth-order valence-electron chi connectivity index (χ4n) is 2.03. The summed E-state index contributed by atoms with van der Waals surface area (Å²) in [6, 6.07) is 9.67. The quantitative estimate of drug-likeness (QED) is 0.816. The van der Waals surface area contributed by atoms with Gasteiger partial charge in [0.25, 0.3) is 0 Å². The molecule has 1 aromatic carbocycles. The Kier molecular flexibility index (Phi) is 4.72. The summed E-state index contributed by atoms with van der Waals surface area (Å²) in [5, 5.41) is 13.6. The van der Waals surface area contributed by atoms with Gasteiger partial charge in [0.15, 0.2) is 0 Å². The fourth-order valence-corrected chi connectivity index (χ4v) is 2.03. The van der Waals surface area contributed by atoms with Crippen LogP contribution in [0, 0.1) is 0 Å². The number of aliphatic hydroxyl groups is 1. The van der Waals surface area contributed by atoms with Crippen molar-refractivity contribution in [2.24, 2.45) is 0 Å². The van der Waals surface area contributed by atoms with Crippen molar-refractivity contribution in [1.82, 2.24) is 5.32 Å². The molecule has 4 nitrogen and oxygen atoms in total. The lowest BCUT2D eigenvalue weighted by Gasteiger charge is -2.27. The summed E-state index contributed by atoms with van der Waals surface area (Å²) in [4.78, 5) is 0. The van der Waals surface area contributed by atoms with Crippen molar-refractivity contribution >= 4 is 0 Å². The van der Waals surface area contributed by atoms with Crippen LogP contribution in [-0.2, 0) is 15.1 Å². The number of benzene rings is 1. The second kappa shape index (κ2) is 6.29. The normalized spacial score (nSPS) is 23.6. The van der Waals surface area contributed by atoms with E-state index >= 15 is 0 Å². The van der Waals surface area contributed by atoms with Crippen LogP contribution in [0.5, 0.6) is 0 Å². The molecule has 0 spiro atoms. The lowest BCUT2D eigenvalue weighted by molar-refractivity contribution is -0.0877. The van der Waals surface area contributed by atoms with Gasteiger partial charge in [-0.3, -0.25) is 0 Å². The molecule has 2 unspecified atom stereocenters. The molecule has 0 amide bonds. The molecular weight excluding hydrogens is 230 g/mol. The van der Waals surface area contributed by atoms with E-state index in [4.69, 9.17) is 9.47 Å². The van der Waals surface area contributed by atoms with Gasteiger partial charge in [0.2, 0.25) is 0 Å². The summed E-state index contributed by atoms with van der Waals surface area (Å²) < 4.78 is 10.9. The molecule has 1 saturated heterocycles.